The molecule has 8 heteroatoms. The first kappa shape index (κ1) is 31.0. The Morgan fingerprint density at radius 1 is 0.933 bits per heavy atom. The Labute approximate surface area is 180 Å². The Kier molecular flexibility index (Phi) is 22.4. The third-order valence-electron chi connectivity index (χ3n) is 2.81. The number of carbonyl (C=O) groups excluding carboxylic acids is 2. The third kappa shape index (κ3) is 17.7. The van der Waals surface area contributed by atoms with E-state index in [2.05, 4.69) is 22.7 Å². The van der Waals surface area contributed by atoms with E-state index in [4.69, 9.17) is 16.6 Å². The van der Waals surface area contributed by atoms with Gasteiger partial charge in [0.25, 0.3) is 0 Å². The van der Waals surface area contributed by atoms with Crippen molar-refractivity contribution in [3.63, 3.8) is 0 Å². The van der Waals surface area contributed by atoms with Gasteiger partial charge in [0.1, 0.15) is 0 Å². The summed E-state index contributed by atoms with van der Waals surface area (Å²) in [6, 6.07) is 12.9. The van der Waals surface area contributed by atoms with E-state index in [0.29, 0.717) is 29.9 Å². The van der Waals surface area contributed by atoms with E-state index in [9.17, 15) is 9.59 Å². The first-order valence-corrected chi connectivity index (χ1v) is 9.25. The summed E-state index contributed by atoms with van der Waals surface area (Å²) in [4.78, 5) is 20.4. The number of benzene rings is 2. The maximum atomic E-state index is 10.2. The molecule has 0 saturated carbocycles. The van der Waals surface area contributed by atoms with E-state index in [1.54, 1.807) is 39.1 Å². The molecule has 2 amide bonds. The molecule has 0 unspecified atom stereocenters. The lowest BCUT2D eigenvalue weighted by atomic mass is 10.2. The van der Waals surface area contributed by atoms with E-state index in [1.807, 2.05) is 45.0 Å². The topological polar surface area (TPSA) is 144 Å². The molecule has 0 aliphatic carbocycles. The molecule has 0 saturated heterocycles. The normalized spacial score (nSPS) is 7.80. The van der Waals surface area contributed by atoms with Crippen molar-refractivity contribution < 1.29 is 9.59 Å². The lowest BCUT2D eigenvalue weighted by Gasteiger charge is -2.09. The van der Waals surface area contributed by atoms with Gasteiger partial charge in [-0.05, 0) is 57.8 Å². The van der Waals surface area contributed by atoms with Crippen molar-refractivity contribution in [2.75, 3.05) is 28.7 Å². The van der Waals surface area contributed by atoms with Crippen LogP contribution in [0.3, 0.4) is 0 Å². The summed E-state index contributed by atoms with van der Waals surface area (Å²) in [5.74, 6) is 0. The molecular weight excluding hydrogens is 380 g/mol. The second-order valence-electron chi connectivity index (χ2n) is 5.45. The highest BCUT2D eigenvalue weighted by molar-refractivity contribution is 5.84. The van der Waals surface area contributed by atoms with Gasteiger partial charge in [0.2, 0.25) is 12.8 Å². The van der Waals surface area contributed by atoms with Crippen molar-refractivity contribution in [3.05, 3.63) is 48.0 Å². The zero-order valence-corrected chi connectivity index (χ0v) is 18.8. The molecule has 0 aromatic heterocycles. The monoisotopic (exact) mass is 416 g/mol. The minimum Gasteiger partial charge on any atom is -0.399 e. The number of hydrogen-bond acceptors (Lipinski definition) is 6. The van der Waals surface area contributed by atoms with Crippen LogP contribution in [0.2, 0.25) is 0 Å². The summed E-state index contributed by atoms with van der Waals surface area (Å²) in [6.07, 6.45) is 1.20. The third-order valence-corrected chi connectivity index (χ3v) is 2.81. The van der Waals surface area contributed by atoms with Gasteiger partial charge in [0, 0.05) is 24.1 Å². The quantitative estimate of drug-likeness (QED) is 0.237. The highest BCUT2D eigenvalue weighted by Crippen LogP contribution is 2.24. The van der Waals surface area contributed by atoms with Gasteiger partial charge in [-0.1, -0.05) is 31.5 Å². The predicted octanol–water partition coefficient (Wildman–Crippen LogP) is 4.78. The molecule has 0 heterocycles. The second kappa shape index (κ2) is 21.6. The average molecular weight is 417 g/mol. The smallest absolute Gasteiger partial charge is 0.211 e. The molecule has 0 aliphatic rings. The molecule has 0 radical (unpaired) electrons. The number of hydrogen-bond donors (Lipinski definition) is 6. The Bertz CT molecular complexity index is 693. The first-order chi connectivity index (χ1) is 14.3. The molecule has 0 bridgehead atoms. The maximum absolute atomic E-state index is 10.2. The van der Waals surface area contributed by atoms with Gasteiger partial charge in [0.15, 0.2) is 0 Å². The van der Waals surface area contributed by atoms with Gasteiger partial charge in [-0.3, -0.25) is 9.59 Å². The summed E-state index contributed by atoms with van der Waals surface area (Å²) in [7, 11) is 1.73. The van der Waals surface area contributed by atoms with Crippen molar-refractivity contribution in [3.8, 4) is 0 Å². The van der Waals surface area contributed by atoms with E-state index in [1.165, 1.54) is 5.56 Å². The zero-order chi connectivity index (χ0) is 23.9. The predicted molar refractivity (Wildman–Crippen MR) is 131 cm³/mol. The summed E-state index contributed by atoms with van der Waals surface area (Å²) in [6.45, 7) is 12.0. The molecule has 7 N–H and O–H groups in total. The molecule has 0 atom stereocenters. The highest BCUT2D eigenvalue weighted by Gasteiger charge is 2.00. The Balaban J connectivity index is -0.000000385. The number of rotatable bonds is 5. The fourth-order valence-corrected chi connectivity index (χ4v) is 1.66. The number of nitrogen functional groups attached to an aromatic ring is 1. The molecule has 30 heavy (non-hydrogen) atoms. The van der Waals surface area contributed by atoms with Gasteiger partial charge in [0.05, 0.1) is 11.4 Å². The minimum atomic E-state index is 0.599. The van der Waals surface area contributed by atoms with Crippen molar-refractivity contribution in [1.82, 2.24) is 0 Å². The van der Waals surface area contributed by atoms with Gasteiger partial charge in [-0.15, -0.1) is 0 Å². The lowest BCUT2D eigenvalue weighted by Crippen LogP contribution is -2.01. The molecule has 166 valence electrons. The largest absolute Gasteiger partial charge is 0.399 e. The average Bonchev–Trinajstić information content (AvgIpc) is 2.75. The molecule has 0 spiro atoms. The number of aryl methyl sites for hydroxylation is 1. The van der Waals surface area contributed by atoms with E-state index in [0.717, 1.165) is 11.4 Å². The van der Waals surface area contributed by atoms with Crippen LogP contribution in [0.5, 0.6) is 0 Å². The summed E-state index contributed by atoms with van der Waals surface area (Å²) in [5.41, 5.74) is 10.2. The van der Waals surface area contributed by atoms with Gasteiger partial charge in [-0.2, -0.15) is 0 Å². The van der Waals surface area contributed by atoms with Crippen molar-refractivity contribution in [2.45, 2.75) is 34.6 Å². The fraction of sp³-hybridized carbons (Fsp3) is 0.273. The zero-order valence-electron chi connectivity index (χ0n) is 18.8. The molecule has 0 fully saturated rings. The Hall–Kier alpha value is -3.68. The Morgan fingerprint density at radius 2 is 1.40 bits per heavy atom. The maximum Gasteiger partial charge on any atom is 0.211 e. The molecule has 2 aromatic carbocycles. The molecule has 8 nitrogen and oxygen atoms in total. The molecule has 2 aromatic rings. The first-order valence-electron chi connectivity index (χ1n) is 9.25. The van der Waals surface area contributed by atoms with Gasteiger partial charge >= 0.3 is 0 Å². The molecular formula is C22H36N6O2. The minimum absolute atomic E-state index is 0.599. The fourth-order valence-electron chi connectivity index (χ4n) is 1.66. The number of anilines is 4. The standard InChI is InChI=1S/C9H11N3O2.C7H9N.C3H7N.C2H6.CH3N/c1-10-9-4-7(11-5-13)2-3-8(9)12-6-14;1-6-2-4-7(8)5-3-6;1-3(2)4;2*1-2/h2-6,10H,1H3,(H,11,13)(H,12,14);2-5H,8H2,1H3;4H,1-2H3;1-2H3;2H,1H2. The number of amides is 2. The number of carbonyl (C=O) groups is 2. The van der Waals surface area contributed by atoms with Crippen LogP contribution in [-0.4, -0.2) is 32.3 Å². The van der Waals surface area contributed by atoms with Crippen LogP contribution in [0.15, 0.2) is 42.5 Å². The van der Waals surface area contributed by atoms with E-state index < -0.39 is 0 Å². The van der Waals surface area contributed by atoms with Gasteiger partial charge in [-0.25, -0.2) is 0 Å². The van der Waals surface area contributed by atoms with Crippen LogP contribution < -0.4 is 21.7 Å². The SMILES string of the molecule is C=N.CC.CC(C)=N.CNc1cc(NC=O)ccc1NC=O.Cc1ccc(N)cc1. The van der Waals surface area contributed by atoms with Crippen molar-refractivity contribution >= 4 is 48.0 Å². The van der Waals surface area contributed by atoms with Gasteiger partial charge < -0.3 is 32.5 Å². The summed E-state index contributed by atoms with van der Waals surface area (Å²) < 4.78 is 0. The number of nitrogens with two attached hydrogens (primary N) is 1. The van der Waals surface area contributed by atoms with Crippen LogP contribution in [0, 0.1) is 17.7 Å². The van der Waals surface area contributed by atoms with Crippen LogP contribution in [0.25, 0.3) is 0 Å². The summed E-state index contributed by atoms with van der Waals surface area (Å²) in [5, 5.41) is 20.0. The van der Waals surface area contributed by atoms with E-state index in [-0.39, 0.29) is 0 Å². The summed E-state index contributed by atoms with van der Waals surface area (Å²) >= 11 is 0. The van der Waals surface area contributed by atoms with Crippen molar-refractivity contribution in [2.24, 2.45) is 0 Å². The van der Waals surface area contributed by atoms with Crippen molar-refractivity contribution in [1.29, 1.82) is 10.8 Å². The van der Waals surface area contributed by atoms with Crippen LogP contribution in [0.4, 0.5) is 22.7 Å². The van der Waals surface area contributed by atoms with Crippen LogP contribution in [-0.2, 0) is 9.59 Å². The Morgan fingerprint density at radius 3 is 1.77 bits per heavy atom. The second-order valence-corrected chi connectivity index (χ2v) is 5.45. The highest BCUT2D eigenvalue weighted by atomic mass is 16.1. The van der Waals surface area contributed by atoms with Crippen LogP contribution in [0.1, 0.15) is 33.3 Å². The number of nitrogens with one attached hydrogen (secondary N) is 5. The van der Waals surface area contributed by atoms with Crippen LogP contribution >= 0.6 is 0 Å². The molecule has 0 aliphatic heterocycles. The molecule has 2 rings (SSSR count). The van der Waals surface area contributed by atoms with E-state index >= 15 is 0 Å². The lowest BCUT2D eigenvalue weighted by molar-refractivity contribution is -0.106.